The summed E-state index contributed by atoms with van der Waals surface area (Å²) in [6.45, 7) is 1.88. The molecule has 1 atom stereocenters. The third-order valence-electron chi connectivity index (χ3n) is 5.35. The molecule has 2 aliphatic rings. The van der Waals surface area contributed by atoms with Crippen LogP contribution in [0.5, 0.6) is 0 Å². The van der Waals surface area contributed by atoms with Gasteiger partial charge in [0.1, 0.15) is 5.54 Å². The van der Waals surface area contributed by atoms with Crippen LogP contribution in [0.2, 0.25) is 0 Å². The summed E-state index contributed by atoms with van der Waals surface area (Å²) >= 11 is 0. The standard InChI is InChI=1S/C20H20N4O5S/c1-20(15-6-4-3-5-7-15)18(26)24(19(27)21-20)22-17(25)14-8-9-16-13(12-14)10-11-23(16)30(2,28)29/h3-9,12H,10-11H2,1-2H3,(H,21,27)(H,22,25)/t20-/m0/s1. The molecule has 0 aliphatic carbocycles. The van der Waals surface area contributed by atoms with Gasteiger partial charge in [-0.2, -0.15) is 5.01 Å². The number of anilines is 1. The summed E-state index contributed by atoms with van der Waals surface area (Å²) in [5.41, 5.74) is 3.11. The molecule has 156 valence electrons. The van der Waals surface area contributed by atoms with E-state index in [0.717, 1.165) is 6.26 Å². The zero-order chi connectivity index (χ0) is 21.7. The van der Waals surface area contributed by atoms with Crippen LogP contribution in [0.4, 0.5) is 10.5 Å². The number of hydrogen-bond donors (Lipinski definition) is 2. The first-order chi connectivity index (χ1) is 14.1. The van der Waals surface area contributed by atoms with E-state index in [1.807, 2.05) is 0 Å². The highest BCUT2D eigenvalue weighted by Gasteiger charge is 2.50. The Labute approximate surface area is 173 Å². The summed E-state index contributed by atoms with van der Waals surface area (Å²) in [4.78, 5) is 38.0. The summed E-state index contributed by atoms with van der Waals surface area (Å²) in [7, 11) is -3.39. The van der Waals surface area contributed by atoms with Crippen molar-refractivity contribution >= 4 is 33.6 Å². The first kappa shape index (κ1) is 19.9. The summed E-state index contributed by atoms with van der Waals surface area (Å²) in [5, 5.41) is 3.29. The van der Waals surface area contributed by atoms with E-state index in [1.165, 1.54) is 10.4 Å². The molecule has 9 nitrogen and oxygen atoms in total. The summed E-state index contributed by atoms with van der Waals surface area (Å²) < 4.78 is 25.0. The van der Waals surface area contributed by atoms with Gasteiger partial charge in [0.15, 0.2) is 0 Å². The number of benzene rings is 2. The van der Waals surface area contributed by atoms with Crippen molar-refractivity contribution < 1.29 is 22.8 Å². The van der Waals surface area contributed by atoms with E-state index in [0.29, 0.717) is 34.8 Å². The summed E-state index contributed by atoms with van der Waals surface area (Å²) in [6, 6.07) is 12.6. The Kier molecular flexibility index (Phi) is 4.53. The second-order valence-corrected chi connectivity index (χ2v) is 9.34. The lowest BCUT2D eigenvalue weighted by atomic mass is 9.92. The number of nitrogens with one attached hydrogen (secondary N) is 2. The molecule has 2 aliphatic heterocycles. The smallest absolute Gasteiger partial charge is 0.318 e. The fourth-order valence-corrected chi connectivity index (χ4v) is 4.69. The Morgan fingerprint density at radius 1 is 1.13 bits per heavy atom. The molecule has 0 bridgehead atoms. The molecular weight excluding hydrogens is 408 g/mol. The molecular formula is C20H20N4O5S. The number of urea groups is 1. The van der Waals surface area contributed by atoms with Crippen molar-refractivity contribution in [2.75, 3.05) is 17.1 Å². The van der Waals surface area contributed by atoms with Crippen LogP contribution in [0.15, 0.2) is 48.5 Å². The van der Waals surface area contributed by atoms with Crippen LogP contribution in [0.1, 0.15) is 28.4 Å². The molecule has 2 N–H and O–H groups in total. The zero-order valence-electron chi connectivity index (χ0n) is 16.4. The van der Waals surface area contributed by atoms with Crippen LogP contribution in [0.25, 0.3) is 0 Å². The van der Waals surface area contributed by atoms with Crippen molar-refractivity contribution in [1.82, 2.24) is 15.8 Å². The van der Waals surface area contributed by atoms with Gasteiger partial charge in [0, 0.05) is 12.1 Å². The second kappa shape index (κ2) is 6.84. The first-order valence-electron chi connectivity index (χ1n) is 9.25. The maximum absolute atomic E-state index is 12.9. The Hall–Kier alpha value is -3.40. The molecule has 2 aromatic carbocycles. The highest BCUT2D eigenvalue weighted by molar-refractivity contribution is 7.92. The van der Waals surface area contributed by atoms with E-state index in [4.69, 9.17) is 0 Å². The van der Waals surface area contributed by atoms with E-state index in [-0.39, 0.29) is 5.56 Å². The average molecular weight is 428 g/mol. The lowest BCUT2D eigenvalue weighted by molar-refractivity contribution is -0.132. The normalized spacial score (nSPS) is 20.9. The van der Waals surface area contributed by atoms with Gasteiger partial charge in [-0.15, -0.1) is 0 Å². The van der Waals surface area contributed by atoms with E-state index in [1.54, 1.807) is 49.4 Å². The molecule has 0 unspecified atom stereocenters. The Balaban J connectivity index is 1.55. The van der Waals surface area contributed by atoms with Gasteiger partial charge in [-0.25, -0.2) is 13.2 Å². The molecule has 30 heavy (non-hydrogen) atoms. The zero-order valence-corrected chi connectivity index (χ0v) is 17.2. The van der Waals surface area contributed by atoms with Crippen LogP contribution in [0.3, 0.4) is 0 Å². The molecule has 2 heterocycles. The third-order valence-corrected chi connectivity index (χ3v) is 6.53. The quantitative estimate of drug-likeness (QED) is 0.708. The average Bonchev–Trinajstić information content (AvgIpc) is 3.23. The number of amides is 4. The fourth-order valence-electron chi connectivity index (χ4n) is 3.73. The molecule has 1 fully saturated rings. The number of hydrazine groups is 1. The number of rotatable bonds is 4. The maximum Gasteiger partial charge on any atom is 0.344 e. The van der Waals surface area contributed by atoms with Gasteiger partial charge in [0.05, 0.1) is 11.9 Å². The lowest BCUT2D eigenvalue weighted by Crippen LogP contribution is -2.47. The van der Waals surface area contributed by atoms with Gasteiger partial charge in [0.2, 0.25) is 10.0 Å². The number of nitrogens with zero attached hydrogens (tertiary/aromatic N) is 2. The molecule has 10 heteroatoms. The minimum absolute atomic E-state index is 0.220. The van der Waals surface area contributed by atoms with Crippen LogP contribution in [-0.2, 0) is 26.8 Å². The Morgan fingerprint density at radius 3 is 2.50 bits per heavy atom. The molecule has 0 saturated carbocycles. The number of hydrogen-bond acceptors (Lipinski definition) is 5. The van der Waals surface area contributed by atoms with Crippen molar-refractivity contribution in [1.29, 1.82) is 0 Å². The third kappa shape index (κ3) is 3.18. The minimum Gasteiger partial charge on any atom is -0.318 e. The molecule has 2 aromatic rings. The van der Waals surface area contributed by atoms with E-state index in [9.17, 15) is 22.8 Å². The number of fused-ring (bicyclic) bond motifs is 1. The second-order valence-electron chi connectivity index (χ2n) is 7.43. The largest absolute Gasteiger partial charge is 0.344 e. The van der Waals surface area contributed by atoms with Crippen molar-refractivity contribution in [2.24, 2.45) is 0 Å². The van der Waals surface area contributed by atoms with Crippen molar-refractivity contribution in [2.45, 2.75) is 18.9 Å². The Morgan fingerprint density at radius 2 is 1.83 bits per heavy atom. The van der Waals surface area contributed by atoms with Crippen molar-refractivity contribution in [3.63, 3.8) is 0 Å². The van der Waals surface area contributed by atoms with Crippen LogP contribution in [-0.4, -0.2) is 44.1 Å². The van der Waals surface area contributed by atoms with E-state index < -0.39 is 33.4 Å². The van der Waals surface area contributed by atoms with Crippen molar-refractivity contribution in [3.8, 4) is 0 Å². The first-order valence-corrected chi connectivity index (χ1v) is 11.1. The highest BCUT2D eigenvalue weighted by atomic mass is 32.2. The molecule has 0 radical (unpaired) electrons. The molecule has 1 saturated heterocycles. The molecule has 0 spiro atoms. The monoisotopic (exact) mass is 428 g/mol. The molecule has 4 amide bonds. The van der Waals surface area contributed by atoms with E-state index >= 15 is 0 Å². The van der Waals surface area contributed by atoms with Crippen molar-refractivity contribution in [3.05, 3.63) is 65.2 Å². The predicted molar refractivity (Wildman–Crippen MR) is 109 cm³/mol. The Bertz CT molecular complexity index is 1160. The van der Waals surface area contributed by atoms with Gasteiger partial charge >= 0.3 is 6.03 Å². The van der Waals surface area contributed by atoms with Crippen LogP contribution >= 0.6 is 0 Å². The molecule has 4 rings (SSSR count). The molecule has 0 aromatic heterocycles. The fraction of sp³-hybridized carbons (Fsp3) is 0.250. The topological polar surface area (TPSA) is 116 Å². The van der Waals surface area contributed by atoms with Crippen LogP contribution < -0.4 is 15.0 Å². The van der Waals surface area contributed by atoms with E-state index in [2.05, 4.69) is 10.7 Å². The van der Waals surface area contributed by atoms with Crippen LogP contribution in [0, 0.1) is 0 Å². The number of carbonyl (C=O) groups is 3. The summed E-state index contributed by atoms with van der Waals surface area (Å²) in [5.74, 6) is -1.24. The van der Waals surface area contributed by atoms with Gasteiger partial charge < -0.3 is 5.32 Å². The van der Waals surface area contributed by atoms with Gasteiger partial charge in [-0.3, -0.25) is 19.3 Å². The SMILES string of the molecule is C[C@@]1(c2ccccc2)NC(=O)N(NC(=O)c2ccc3c(c2)CCN3S(C)(=O)=O)C1=O. The summed E-state index contributed by atoms with van der Waals surface area (Å²) in [6.07, 6.45) is 1.60. The number of sulfonamides is 1. The number of imide groups is 1. The van der Waals surface area contributed by atoms with Gasteiger partial charge in [-0.1, -0.05) is 30.3 Å². The predicted octanol–water partition coefficient (Wildman–Crippen LogP) is 1.12. The number of carbonyl (C=O) groups excluding carboxylic acids is 3. The lowest BCUT2D eigenvalue weighted by Gasteiger charge is -2.22. The van der Waals surface area contributed by atoms with Gasteiger partial charge in [-0.05, 0) is 42.7 Å². The highest BCUT2D eigenvalue weighted by Crippen LogP contribution is 2.31. The minimum atomic E-state index is -3.39. The maximum atomic E-state index is 12.9. The van der Waals surface area contributed by atoms with Gasteiger partial charge in [0.25, 0.3) is 11.8 Å².